The van der Waals surface area contributed by atoms with Crippen molar-refractivity contribution in [1.82, 2.24) is 15.5 Å². The first-order chi connectivity index (χ1) is 5.83. The predicted octanol–water partition coefficient (Wildman–Crippen LogP) is 0.811. The van der Waals surface area contributed by atoms with Crippen LogP contribution in [0.2, 0.25) is 0 Å². The molecule has 0 aromatic carbocycles. The third-order valence-electron chi connectivity index (χ3n) is 1.37. The maximum absolute atomic E-state index is 11.0. The van der Waals surface area contributed by atoms with E-state index < -0.39 is 0 Å². The second-order valence-electron chi connectivity index (χ2n) is 2.32. The zero-order valence-corrected chi connectivity index (χ0v) is 8.10. The first-order valence-corrected chi connectivity index (χ1v) is 4.75. The van der Waals surface area contributed by atoms with Crippen molar-refractivity contribution in [3.63, 3.8) is 0 Å². The van der Waals surface area contributed by atoms with Crippen LogP contribution in [0, 0.1) is 0 Å². The third kappa shape index (κ3) is 3.04. The molecule has 2 N–H and O–H groups in total. The van der Waals surface area contributed by atoms with E-state index in [1.807, 2.05) is 0 Å². The van der Waals surface area contributed by atoms with E-state index in [4.69, 9.17) is 0 Å². The molecule has 0 spiro atoms. The van der Waals surface area contributed by atoms with Crippen molar-refractivity contribution in [2.75, 3.05) is 5.33 Å². The van der Waals surface area contributed by atoms with Crippen LogP contribution in [0.4, 0.5) is 0 Å². The van der Waals surface area contributed by atoms with Crippen molar-refractivity contribution < 1.29 is 4.79 Å². The highest BCUT2D eigenvalue weighted by Crippen LogP contribution is 1.93. The van der Waals surface area contributed by atoms with E-state index in [1.165, 1.54) is 0 Å². The molecule has 1 amide bonds. The van der Waals surface area contributed by atoms with Gasteiger partial charge in [-0.25, -0.2) is 0 Å². The van der Waals surface area contributed by atoms with Gasteiger partial charge in [-0.1, -0.05) is 15.9 Å². The monoisotopic (exact) mass is 231 g/mol. The number of aromatic nitrogens is 2. The van der Waals surface area contributed by atoms with E-state index in [0.717, 1.165) is 5.56 Å². The first-order valence-electron chi connectivity index (χ1n) is 3.63. The summed E-state index contributed by atoms with van der Waals surface area (Å²) in [5.74, 6) is 0.0491. The molecule has 0 aliphatic rings. The smallest absolute Gasteiger partial charge is 0.221 e. The van der Waals surface area contributed by atoms with E-state index in [1.54, 1.807) is 12.4 Å². The predicted molar refractivity (Wildman–Crippen MR) is 48.8 cm³/mol. The Bertz CT molecular complexity index is 235. The van der Waals surface area contributed by atoms with Gasteiger partial charge >= 0.3 is 0 Å². The van der Waals surface area contributed by atoms with Crippen molar-refractivity contribution in [1.29, 1.82) is 0 Å². The van der Waals surface area contributed by atoms with Crippen molar-refractivity contribution >= 4 is 21.8 Å². The molecule has 0 saturated carbocycles. The summed E-state index contributed by atoms with van der Waals surface area (Å²) in [5, 5.41) is 9.89. The summed E-state index contributed by atoms with van der Waals surface area (Å²) in [5.41, 5.74) is 0.984. The maximum atomic E-state index is 11.0. The summed E-state index contributed by atoms with van der Waals surface area (Å²) >= 11 is 3.19. The van der Waals surface area contributed by atoms with Gasteiger partial charge in [0.15, 0.2) is 0 Å². The largest absolute Gasteiger partial charge is 0.352 e. The number of carbonyl (C=O) groups excluding carboxylic acids is 1. The van der Waals surface area contributed by atoms with Crippen LogP contribution in [-0.2, 0) is 11.3 Å². The molecular weight excluding hydrogens is 222 g/mol. The van der Waals surface area contributed by atoms with Gasteiger partial charge in [0.25, 0.3) is 0 Å². The summed E-state index contributed by atoms with van der Waals surface area (Å²) in [6, 6.07) is 0. The molecule has 0 bridgehead atoms. The van der Waals surface area contributed by atoms with Crippen molar-refractivity contribution in [2.45, 2.75) is 13.0 Å². The Morgan fingerprint density at radius 3 is 3.17 bits per heavy atom. The Labute approximate surface area is 78.9 Å². The van der Waals surface area contributed by atoms with Gasteiger partial charge in [-0.2, -0.15) is 5.10 Å². The Morgan fingerprint density at radius 2 is 2.58 bits per heavy atom. The maximum Gasteiger partial charge on any atom is 0.221 e. The Hall–Kier alpha value is -0.840. The molecule has 4 nitrogen and oxygen atoms in total. The normalized spacial score (nSPS) is 9.75. The van der Waals surface area contributed by atoms with Crippen molar-refractivity contribution in [3.8, 4) is 0 Å². The number of amides is 1. The summed E-state index contributed by atoms with van der Waals surface area (Å²) in [6.07, 6.45) is 3.96. The summed E-state index contributed by atoms with van der Waals surface area (Å²) < 4.78 is 0. The number of hydrogen-bond acceptors (Lipinski definition) is 2. The number of hydrogen-bond donors (Lipinski definition) is 2. The summed E-state index contributed by atoms with van der Waals surface area (Å²) in [6.45, 7) is 0.544. The number of nitrogens with one attached hydrogen (secondary N) is 2. The molecule has 66 valence electrons. The molecule has 0 aliphatic carbocycles. The Morgan fingerprint density at radius 1 is 1.75 bits per heavy atom. The average molecular weight is 232 g/mol. The van der Waals surface area contributed by atoms with Gasteiger partial charge in [-0.3, -0.25) is 9.89 Å². The molecule has 0 radical (unpaired) electrons. The molecule has 12 heavy (non-hydrogen) atoms. The molecule has 0 unspecified atom stereocenters. The molecule has 1 heterocycles. The summed E-state index contributed by atoms with van der Waals surface area (Å²) in [7, 11) is 0. The van der Waals surface area contributed by atoms with Gasteiger partial charge in [-0.05, 0) is 0 Å². The second-order valence-corrected chi connectivity index (χ2v) is 3.12. The van der Waals surface area contributed by atoms with Crippen LogP contribution in [0.25, 0.3) is 0 Å². The Kier molecular flexibility index (Phi) is 3.79. The van der Waals surface area contributed by atoms with Gasteiger partial charge in [0, 0.05) is 30.1 Å². The quantitative estimate of drug-likeness (QED) is 0.754. The highest BCUT2D eigenvalue weighted by molar-refractivity contribution is 9.09. The molecule has 1 aromatic rings. The van der Waals surface area contributed by atoms with Crippen LogP contribution in [0.3, 0.4) is 0 Å². The fraction of sp³-hybridized carbons (Fsp3) is 0.429. The zero-order chi connectivity index (χ0) is 8.81. The van der Waals surface area contributed by atoms with E-state index in [2.05, 4.69) is 31.4 Å². The molecule has 0 saturated heterocycles. The minimum atomic E-state index is 0.0491. The number of alkyl halides is 1. The highest BCUT2D eigenvalue weighted by Gasteiger charge is 1.99. The minimum Gasteiger partial charge on any atom is -0.352 e. The number of carbonyl (C=O) groups is 1. The van der Waals surface area contributed by atoms with Gasteiger partial charge in [-0.15, -0.1) is 0 Å². The van der Waals surface area contributed by atoms with E-state index >= 15 is 0 Å². The van der Waals surface area contributed by atoms with Crippen molar-refractivity contribution in [2.24, 2.45) is 0 Å². The lowest BCUT2D eigenvalue weighted by molar-refractivity contribution is -0.120. The van der Waals surface area contributed by atoms with Gasteiger partial charge in [0.05, 0.1) is 6.20 Å². The summed E-state index contributed by atoms with van der Waals surface area (Å²) in [4.78, 5) is 11.0. The molecule has 0 aliphatic heterocycles. The number of H-pyrrole nitrogens is 1. The van der Waals surface area contributed by atoms with Crippen LogP contribution in [0.5, 0.6) is 0 Å². The van der Waals surface area contributed by atoms with E-state index in [9.17, 15) is 4.79 Å². The van der Waals surface area contributed by atoms with E-state index in [-0.39, 0.29) is 5.91 Å². The van der Waals surface area contributed by atoms with Gasteiger partial charge in [0.1, 0.15) is 0 Å². The molecule has 1 rings (SSSR count). The van der Waals surface area contributed by atoms with Crippen LogP contribution in [0.1, 0.15) is 12.0 Å². The highest BCUT2D eigenvalue weighted by atomic mass is 79.9. The standard InChI is InChI=1S/C7H10BrN3O/c8-2-1-7(12)9-3-6-4-10-11-5-6/h4-5H,1-3H2,(H,9,12)(H,10,11). The SMILES string of the molecule is O=C(CCBr)NCc1cn[nH]c1. The van der Waals surface area contributed by atoms with Crippen LogP contribution in [0.15, 0.2) is 12.4 Å². The average Bonchev–Trinajstić information content (AvgIpc) is 2.53. The number of rotatable bonds is 4. The lowest BCUT2D eigenvalue weighted by Crippen LogP contribution is -2.22. The number of halogens is 1. The first kappa shape index (κ1) is 9.25. The zero-order valence-electron chi connectivity index (χ0n) is 6.51. The lowest BCUT2D eigenvalue weighted by atomic mass is 10.3. The molecule has 1 aromatic heterocycles. The van der Waals surface area contributed by atoms with Gasteiger partial charge in [0.2, 0.25) is 5.91 Å². The molecule has 5 heteroatoms. The molecule has 0 atom stereocenters. The Balaban J connectivity index is 2.22. The number of nitrogens with zero attached hydrogens (tertiary/aromatic N) is 1. The fourth-order valence-electron chi connectivity index (χ4n) is 0.749. The minimum absolute atomic E-state index is 0.0491. The van der Waals surface area contributed by atoms with Crippen molar-refractivity contribution in [3.05, 3.63) is 18.0 Å². The molecular formula is C7H10BrN3O. The fourth-order valence-corrected chi connectivity index (χ4v) is 1.11. The second kappa shape index (κ2) is 4.92. The van der Waals surface area contributed by atoms with Crippen LogP contribution in [-0.4, -0.2) is 21.4 Å². The van der Waals surface area contributed by atoms with Crippen LogP contribution < -0.4 is 5.32 Å². The van der Waals surface area contributed by atoms with E-state index in [0.29, 0.717) is 18.3 Å². The topological polar surface area (TPSA) is 57.8 Å². The molecule has 0 fully saturated rings. The lowest BCUT2D eigenvalue weighted by Gasteiger charge is -1.99. The van der Waals surface area contributed by atoms with Gasteiger partial charge < -0.3 is 5.32 Å². The van der Waals surface area contributed by atoms with Crippen LogP contribution >= 0.6 is 15.9 Å². The third-order valence-corrected chi connectivity index (χ3v) is 1.76. The number of aromatic amines is 1.